The van der Waals surface area contributed by atoms with E-state index in [0.717, 1.165) is 19.3 Å². The number of fused-ring (bicyclic) bond motifs is 1. The number of hydrogen-bond acceptors (Lipinski definition) is 3. The second-order valence-electron chi connectivity index (χ2n) is 9.14. The Labute approximate surface area is 142 Å². The van der Waals surface area contributed by atoms with E-state index in [9.17, 15) is 4.79 Å². The summed E-state index contributed by atoms with van der Waals surface area (Å²) in [7, 11) is -0.107. The largest absolute Gasteiger partial charge is 0.504 e. The van der Waals surface area contributed by atoms with Gasteiger partial charge in [0.15, 0.2) is 8.32 Å². The minimum Gasteiger partial charge on any atom is -0.504 e. The van der Waals surface area contributed by atoms with E-state index in [-0.39, 0.29) is 22.5 Å². The van der Waals surface area contributed by atoms with E-state index in [2.05, 4.69) is 40.8 Å². The molecule has 3 atom stereocenters. The Kier molecular flexibility index (Phi) is 5.18. The van der Waals surface area contributed by atoms with Crippen molar-refractivity contribution in [2.75, 3.05) is 7.11 Å². The molecule has 0 aromatic heterocycles. The SMILES string of the molecule is CO/C=C1\CC[C@@H](O[Si](C)(C)C(C)(C)C)[C@]2(C)CCC(=O)C[C@@H]12. The lowest BCUT2D eigenvalue weighted by molar-refractivity contribution is -0.128. The zero-order valence-corrected chi connectivity index (χ0v) is 17.0. The highest BCUT2D eigenvalue weighted by molar-refractivity contribution is 6.74. The molecule has 3 nitrogen and oxygen atoms in total. The fourth-order valence-corrected chi connectivity index (χ4v) is 5.36. The van der Waals surface area contributed by atoms with Gasteiger partial charge < -0.3 is 9.16 Å². The van der Waals surface area contributed by atoms with E-state index in [0.29, 0.717) is 18.6 Å². The first-order valence-corrected chi connectivity index (χ1v) is 11.8. The number of carbonyl (C=O) groups is 1. The minimum absolute atomic E-state index is 0.0616. The summed E-state index contributed by atoms with van der Waals surface area (Å²) >= 11 is 0. The molecular formula is C19H34O3Si. The van der Waals surface area contributed by atoms with Crippen LogP contribution in [-0.2, 0) is 14.0 Å². The van der Waals surface area contributed by atoms with Gasteiger partial charge in [0, 0.05) is 18.3 Å². The monoisotopic (exact) mass is 338 g/mol. The van der Waals surface area contributed by atoms with E-state index in [1.807, 2.05) is 6.26 Å². The Hall–Kier alpha value is -0.613. The van der Waals surface area contributed by atoms with Gasteiger partial charge in [0.2, 0.25) is 0 Å². The van der Waals surface area contributed by atoms with Crippen molar-refractivity contribution in [1.29, 1.82) is 0 Å². The molecule has 0 amide bonds. The van der Waals surface area contributed by atoms with Crippen molar-refractivity contribution in [3.63, 3.8) is 0 Å². The molecule has 0 radical (unpaired) electrons. The van der Waals surface area contributed by atoms with Crippen LogP contribution in [-0.4, -0.2) is 27.3 Å². The summed E-state index contributed by atoms with van der Waals surface area (Å²) in [5.41, 5.74) is 1.37. The second kappa shape index (κ2) is 6.36. The summed E-state index contributed by atoms with van der Waals surface area (Å²) in [4.78, 5) is 12.1. The summed E-state index contributed by atoms with van der Waals surface area (Å²) in [6.45, 7) is 13.9. The van der Waals surface area contributed by atoms with Crippen LogP contribution in [0.1, 0.15) is 59.8 Å². The highest BCUT2D eigenvalue weighted by Crippen LogP contribution is 2.54. The average Bonchev–Trinajstić information content (AvgIpc) is 2.42. The lowest BCUT2D eigenvalue weighted by Crippen LogP contribution is -2.54. The van der Waals surface area contributed by atoms with Gasteiger partial charge in [-0.1, -0.05) is 27.7 Å². The zero-order chi connectivity index (χ0) is 17.5. The fraction of sp³-hybridized carbons (Fsp3) is 0.842. The molecule has 2 aliphatic carbocycles. The maximum atomic E-state index is 12.1. The van der Waals surface area contributed by atoms with E-state index in [1.54, 1.807) is 7.11 Å². The molecule has 4 heteroatoms. The van der Waals surface area contributed by atoms with Crippen molar-refractivity contribution >= 4 is 14.1 Å². The van der Waals surface area contributed by atoms with Crippen LogP contribution in [0.5, 0.6) is 0 Å². The molecule has 0 bridgehead atoms. The van der Waals surface area contributed by atoms with Gasteiger partial charge in [-0.2, -0.15) is 0 Å². The highest BCUT2D eigenvalue weighted by Gasteiger charge is 2.52. The molecule has 2 rings (SSSR count). The molecule has 0 aromatic rings. The van der Waals surface area contributed by atoms with Crippen LogP contribution >= 0.6 is 0 Å². The van der Waals surface area contributed by atoms with Crippen molar-refractivity contribution in [3.05, 3.63) is 11.8 Å². The third-order valence-electron chi connectivity index (χ3n) is 6.56. The average molecular weight is 339 g/mol. The van der Waals surface area contributed by atoms with Gasteiger partial charge in [-0.05, 0) is 48.9 Å². The quantitative estimate of drug-likeness (QED) is 0.532. The van der Waals surface area contributed by atoms with Gasteiger partial charge in [0.05, 0.1) is 19.5 Å². The normalized spacial score (nSPS) is 34.4. The molecule has 2 saturated carbocycles. The highest BCUT2D eigenvalue weighted by atomic mass is 28.4. The number of methoxy groups -OCH3 is 1. The summed E-state index contributed by atoms with van der Waals surface area (Å²) in [6, 6.07) is 0. The molecule has 0 aromatic carbocycles. The fourth-order valence-electron chi connectivity index (χ4n) is 3.91. The number of carbonyl (C=O) groups excluding carboxylic acids is 1. The van der Waals surface area contributed by atoms with Gasteiger partial charge in [-0.15, -0.1) is 0 Å². The standard InChI is InChI=1S/C19H34O3Si/c1-18(2,3)23(6,7)22-17-9-8-14(13-21-5)16-12-15(20)10-11-19(16,17)4/h13,16-17H,8-12H2,1-7H3/b14-13+/t16-,17+,19+/m0/s1. The van der Waals surface area contributed by atoms with Crippen molar-refractivity contribution in [1.82, 2.24) is 0 Å². The van der Waals surface area contributed by atoms with Gasteiger partial charge in [-0.3, -0.25) is 4.79 Å². The molecular weight excluding hydrogens is 304 g/mol. The van der Waals surface area contributed by atoms with E-state index in [4.69, 9.17) is 9.16 Å². The van der Waals surface area contributed by atoms with Crippen molar-refractivity contribution < 1.29 is 14.0 Å². The maximum absolute atomic E-state index is 12.1. The van der Waals surface area contributed by atoms with Crippen LogP contribution in [0.3, 0.4) is 0 Å². The smallest absolute Gasteiger partial charge is 0.192 e. The predicted octanol–water partition coefficient (Wildman–Crippen LogP) is 5.08. The van der Waals surface area contributed by atoms with Crippen LogP contribution in [0.2, 0.25) is 18.1 Å². The van der Waals surface area contributed by atoms with Crippen molar-refractivity contribution in [2.24, 2.45) is 11.3 Å². The van der Waals surface area contributed by atoms with Gasteiger partial charge in [-0.25, -0.2) is 0 Å². The number of Topliss-reactive ketones (excluding diaryl/α,β-unsaturated/α-hetero) is 1. The van der Waals surface area contributed by atoms with Crippen LogP contribution in [0.4, 0.5) is 0 Å². The zero-order valence-electron chi connectivity index (χ0n) is 16.0. The Morgan fingerprint density at radius 3 is 2.48 bits per heavy atom. The lowest BCUT2D eigenvalue weighted by Gasteiger charge is -2.53. The topological polar surface area (TPSA) is 35.5 Å². The van der Waals surface area contributed by atoms with Gasteiger partial charge >= 0.3 is 0 Å². The van der Waals surface area contributed by atoms with E-state index < -0.39 is 8.32 Å². The predicted molar refractivity (Wildman–Crippen MR) is 96.9 cm³/mol. The molecule has 0 N–H and O–H groups in total. The molecule has 2 fully saturated rings. The summed E-state index contributed by atoms with van der Waals surface area (Å²) < 4.78 is 12.1. The number of allylic oxidation sites excluding steroid dienone is 1. The first-order chi connectivity index (χ1) is 10.5. The lowest BCUT2D eigenvalue weighted by atomic mass is 9.57. The molecule has 0 aliphatic heterocycles. The molecule has 0 spiro atoms. The molecule has 23 heavy (non-hydrogen) atoms. The second-order valence-corrected chi connectivity index (χ2v) is 13.9. The first-order valence-electron chi connectivity index (χ1n) is 8.92. The summed E-state index contributed by atoms with van der Waals surface area (Å²) in [6.07, 6.45) is 6.47. The molecule has 0 heterocycles. The van der Waals surface area contributed by atoms with Crippen molar-refractivity contribution in [3.8, 4) is 0 Å². The van der Waals surface area contributed by atoms with Crippen LogP contribution in [0, 0.1) is 11.3 Å². The first kappa shape index (κ1) is 18.7. The summed E-state index contributed by atoms with van der Waals surface area (Å²) in [5, 5.41) is 0.214. The number of ether oxygens (including phenoxy) is 1. The van der Waals surface area contributed by atoms with E-state index in [1.165, 1.54) is 5.57 Å². The third-order valence-corrected chi connectivity index (χ3v) is 11.0. The van der Waals surface area contributed by atoms with E-state index >= 15 is 0 Å². The van der Waals surface area contributed by atoms with Gasteiger partial charge in [0.1, 0.15) is 5.78 Å². The van der Waals surface area contributed by atoms with Crippen molar-refractivity contribution in [2.45, 2.75) is 84.0 Å². The van der Waals surface area contributed by atoms with Crippen LogP contribution in [0.15, 0.2) is 11.8 Å². The molecule has 0 saturated heterocycles. The van der Waals surface area contributed by atoms with Gasteiger partial charge in [0.25, 0.3) is 0 Å². The van der Waals surface area contributed by atoms with Crippen LogP contribution in [0.25, 0.3) is 0 Å². The van der Waals surface area contributed by atoms with Crippen LogP contribution < -0.4 is 0 Å². The summed E-state index contributed by atoms with van der Waals surface area (Å²) in [5.74, 6) is 0.676. The Morgan fingerprint density at radius 1 is 1.26 bits per heavy atom. The molecule has 132 valence electrons. The third kappa shape index (κ3) is 3.58. The minimum atomic E-state index is -1.81. The Balaban J connectivity index is 2.29. The number of ketones is 1. The maximum Gasteiger partial charge on any atom is 0.192 e. The number of rotatable bonds is 3. The molecule has 2 aliphatic rings. The Morgan fingerprint density at radius 2 is 1.91 bits per heavy atom. The molecule has 0 unspecified atom stereocenters. The Bertz CT molecular complexity index is 489. The number of hydrogen-bond donors (Lipinski definition) is 0.